The fraction of sp³-hybridized carbons (Fsp3) is 0.357. The van der Waals surface area contributed by atoms with Gasteiger partial charge in [-0.1, -0.05) is 34.1 Å². The first-order chi connectivity index (χ1) is 9.16. The Morgan fingerprint density at radius 2 is 2.16 bits per heavy atom. The molecule has 19 heavy (non-hydrogen) atoms. The number of aliphatic hydroxyl groups is 1. The van der Waals surface area contributed by atoms with Gasteiger partial charge >= 0.3 is 0 Å². The lowest BCUT2D eigenvalue weighted by Crippen LogP contribution is -2.32. The van der Waals surface area contributed by atoms with Crippen LogP contribution in [0.5, 0.6) is 0 Å². The third kappa shape index (κ3) is 4.16. The van der Waals surface area contributed by atoms with E-state index in [1.807, 2.05) is 30.5 Å². The zero-order valence-electron chi connectivity index (χ0n) is 10.8. The zero-order chi connectivity index (χ0) is 13.7. The molecule has 0 amide bonds. The Kier molecular flexibility index (Phi) is 5.13. The molecule has 0 bridgehead atoms. The summed E-state index contributed by atoms with van der Waals surface area (Å²) in [5.74, 6) is 0. The molecular formula is C14H18BrN3O. The molecule has 2 atom stereocenters. The summed E-state index contributed by atoms with van der Waals surface area (Å²) in [6, 6.07) is 10.1. The van der Waals surface area contributed by atoms with E-state index in [9.17, 15) is 5.11 Å². The van der Waals surface area contributed by atoms with Crippen LogP contribution in [0.15, 0.2) is 47.2 Å². The predicted octanol–water partition coefficient (Wildman–Crippen LogP) is 2.36. The molecule has 2 rings (SSSR count). The quantitative estimate of drug-likeness (QED) is 0.858. The average molecular weight is 324 g/mol. The standard InChI is InChI=1S/C14H18BrN3O/c1-11(13-5-2-3-6-14(13)15)16-9-12(19)10-18-8-4-7-17-18/h2-8,11-12,16,19H,9-10H2,1H3/t11-,12?/m1/s1. The van der Waals surface area contributed by atoms with Gasteiger partial charge in [0.2, 0.25) is 0 Å². The first-order valence-electron chi connectivity index (χ1n) is 6.30. The van der Waals surface area contributed by atoms with E-state index in [0.29, 0.717) is 13.1 Å². The molecular weight excluding hydrogens is 306 g/mol. The van der Waals surface area contributed by atoms with Crippen LogP contribution in [-0.4, -0.2) is 27.5 Å². The average Bonchev–Trinajstić information content (AvgIpc) is 2.89. The van der Waals surface area contributed by atoms with E-state index in [1.54, 1.807) is 10.9 Å². The van der Waals surface area contributed by atoms with Gasteiger partial charge in [-0.05, 0) is 24.6 Å². The van der Waals surface area contributed by atoms with Crippen molar-refractivity contribution in [3.8, 4) is 0 Å². The lowest BCUT2D eigenvalue weighted by Gasteiger charge is -2.18. The Labute approximate surface area is 121 Å². The van der Waals surface area contributed by atoms with E-state index in [0.717, 1.165) is 4.47 Å². The number of aromatic nitrogens is 2. The Hall–Kier alpha value is -1.17. The minimum atomic E-state index is -0.454. The first kappa shape index (κ1) is 14.2. The molecule has 0 aliphatic carbocycles. The largest absolute Gasteiger partial charge is 0.390 e. The van der Waals surface area contributed by atoms with Crippen LogP contribution in [0, 0.1) is 0 Å². The van der Waals surface area contributed by atoms with Crippen LogP contribution >= 0.6 is 15.9 Å². The highest BCUT2D eigenvalue weighted by atomic mass is 79.9. The highest BCUT2D eigenvalue weighted by Gasteiger charge is 2.11. The topological polar surface area (TPSA) is 50.1 Å². The molecule has 1 aromatic carbocycles. The van der Waals surface area contributed by atoms with Gasteiger partial charge in [-0.25, -0.2) is 0 Å². The van der Waals surface area contributed by atoms with Gasteiger partial charge in [0.15, 0.2) is 0 Å². The Balaban J connectivity index is 1.83. The molecule has 0 aliphatic heterocycles. The second-order valence-corrected chi connectivity index (χ2v) is 5.39. The van der Waals surface area contributed by atoms with Gasteiger partial charge in [0, 0.05) is 29.5 Å². The molecule has 0 fully saturated rings. The van der Waals surface area contributed by atoms with Crippen molar-refractivity contribution in [1.82, 2.24) is 15.1 Å². The van der Waals surface area contributed by atoms with E-state index in [2.05, 4.69) is 39.3 Å². The smallest absolute Gasteiger partial charge is 0.0860 e. The van der Waals surface area contributed by atoms with Crippen molar-refractivity contribution in [2.75, 3.05) is 6.54 Å². The maximum atomic E-state index is 9.95. The zero-order valence-corrected chi connectivity index (χ0v) is 12.4. The summed E-state index contributed by atoms with van der Waals surface area (Å²) >= 11 is 3.54. The fourth-order valence-corrected chi connectivity index (χ4v) is 2.57. The van der Waals surface area contributed by atoms with Crippen LogP contribution in [0.1, 0.15) is 18.5 Å². The predicted molar refractivity (Wildman–Crippen MR) is 78.8 cm³/mol. The van der Waals surface area contributed by atoms with Gasteiger partial charge in [0.25, 0.3) is 0 Å². The normalized spacial score (nSPS) is 14.3. The summed E-state index contributed by atoms with van der Waals surface area (Å²) in [5.41, 5.74) is 1.19. The van der Waals surface area contributed by atoms with Crippen molar-refractivity contribution in [3.05, 3.63) is 52.8 Å². The minimum Gasteiger partial charge on any atom is -0.390 e. The lowest BCUT2D eigenvalue weighted by molar-refractivity contribution is 0.143. The van der Waals surface area contributed by atoms with Gasteiger partial charge in [-0.15, -0.1) is 0 Å². The molecule has 1 unspecified atom stereocenters. The highest BCUT2D eigenvalue weighted by Crippen LogP contribution is 2.22. The lowest BCUT2D eigenvalue weighted by atomic mass is 10.1. The van der Waals surface area contributed by atoms with Crippen LogP contribution in [0.4, 0.5) is 0 Å². The number of aliphatic hydroxyl groups excluding tert-OH is 1. The van der Waals surface area contributed by atoms with Crippen LogP contribution in [0.25, 0.3) is 0 Å². The number of hydrogen-bond acceptors (Lipinski definition) is 3. The number of hydrogen-bond donors (Lipinski definition) is 2. The molecule has 1 aromatic heterocycles. The second-order valence-electron chi connectivity index (χ2n) is 4.53. The molecule has 0 aliphatic rings. The maximum Gasteiger partial charge on any atom is 0.0860 e. The van der Waals surface area contributed by atoms with E-state index < -0.39 is 6.10 Å². The first-order valence-corrected chi connectivity index (χ1v) is 7.09. The van der Waals surface area contributed by atoms with Crippen molar-refractivity contribution < 1.29 is 5.11 Å². The molecule has 0 radical (unpaired) electrons. The van der Waals surface area contributed by atoms with Crippen LogP contribution in [-0.2, 0) is 6.54 Å². The van der Waals surface area contributed by atoms with E-state index in [4.69, 9.17) is 0 Å². The van der Waals surface area contributed by atoms with Crippen molar-refractivity contribution in [2.45, 2.75) is 25.6 Å². The minimum absolute atomic E-state index is 0.183. The maximum absolute atomic E-state index is 9.95. The van der Waals surface area contributed by atoms with Crippen molar-refractivity contribution in [1.29, 1.82) is 0 Å². The number of nitrogens with zero attached hydrogens (tertiary/aromatic N) is 2. The Morgan fingerprint density at radius 1 is 1.37 bits per heavy atom. The van der Waals surface area contributed by atoms with E-state index >= 15 is 0 Å². The van der Waals surface area contributed by atoms with Crippen LogP contribution in [0.3, 0.4) is 0 Å². The molecule has 2 N–H and O–H groups in total. The Bertz CT molecular complexity index is 501. The summed E-state index contributed by atoms with van der Waals surface area (Å²) in [7, 11) is 0. The van der Waals surface area contributed by atoms with Gasteiger partial charge in [0.05, 0.1) is 12.6 Å². The number of nitrogens with one attached hydrogen (secondary N) is 1. The third-order valence-corrected chi connectivity index (χ3v) is 3.71. The molecule has 4 nitrogen and oxygen atoms in total. The van der Waals surface area contributed by atoms with Gasteiger partial charge < -0.3 is 10.4 Å². The number of rotatable bonds is 6. The fourth-order valence-electron chi connectivity index (χ4n) is 1.94. The summed E-state index contributed by atoms with van der Waals surface area (Å²) in [6.45, 7) is 3.12. The molecule has 102 valence electrons. The summed E-state index contributed by atoms with van der Waals surface area (Å²) in [4.78, 5) is 0. The summed E-state index contributed by atoms with van der Waals surface area (Å²) in [5, 5.41) is 17.4. The van der Waals surface area contributed by atoms with Gasteiger partial charge in [-0.3, -0.25) is 4.68 Å². The van der Waals surface area contributed by atoms with Crippen molar-refractivity contribution in [3.63, 3.8) is 0 Å². The van der Waals surface area contributed by atoms with Crippen molar-refractivity contribution >= 4 is 15.9 Å². The molecule has 0 saturated carbocycles. The van der Waals surface area contributed by atoms with Gasteiger partial charge in [0.1, 0.15) is 0 Å². The second kappa shape index (κ2) is 6.84. The monoisotopic (exact) mass is 323 g/mol. The SMILES string of the molecule is C[C@@H](NCC(O)Cn1cccn1)c1ccccc1Br. The number of benzene rings is 1. The molecule has 1 heterocycles. The van der Waals surface area contributed by atoms with Gasteiger partial charge in [-0.2, -0.15) is 5.10 Å². The third-order valence-electron chi connectivity index (χ3n) is 2.99. The molecule has 0 saturated heterocycles. The molecule has 2 aromatic rings. The number of halogens is 1. The highest BCUT2D eigenvalue weighted by molar-refractivity contribution is 9.10. The summed E-state index contributed by atoms with van der Waals surface area (Å²) in [6.07, 6.45) is 3.11. The van der Waals surface area contributed by atoms with E-state index in [-0.39, 0.29) is 6.04 Å². The van der Waals surface area contributed by atoms with Crippen molar-refractivity contribution in [2.24, 2.45) is 0 Å². The molecule has 0 spiro atoms. The Morgan fingerprint density at radius 3 is 2.84 bits per heavy atom. The molecule has 5 heteroatoms. The van der Waals surface area contributed by atoms with Crippen LogP contribution in [0.2, 0.25) is 0 Å². The van der Waals surface area contributed by atoms with Crippen LogP contribution < -0.4 is 5.32 Å². The summed E-state index contributed by atoms with van der Waals surface area (Å²) < 4.78 is 2.81. The van der Waals surface area contributed by atoms with E-state index in [1.165, 1.54) is 5.56 Å².